The smallest absolute Gasteiger partial charge is 0.343 e. The standard InChI is InChI=1S/C22H14O5/c23-17-9-7-14-11-16(6-5-15(14)12-17)22(26)27-20-18-4-2-1-3-13(18)8-10-19(20)21(24)25/h1-12,23H,(H,24,25). The zero-order valence-electron chi connectivity index (χ0n) is 14.0. The maximum atomic E-state index is 12.7. The van der Waals surface area contributed by atoms with Gasteiger partial charge in [0.2, 0.25) is 0 Å². The van der Waals surface area contributed by atoms with Gasteiger partial charge in [-0.3, -0.25) is 0 Å². The Morgan fingerprint density at radius 1 is 0.778 bits per heavy atom. The number of carbonyl (C=O) groups is 2. The Balaban J connectivity index is 1.77. The number of carboxylic acid groups (broad SMARTS) is 1. The van der Waals surface area contributed by atoms with E-state index in [1.165, 1.54) is 12.1 Å². The van der Waals surface area contributed by atoms with Gasteiger partial charge in [0.15, 0.2) is 5.75 Å². The SMILES string of the molecule is O=C(Oc1c(C(=O)O)ccc2ccccc12)c1ccc2cc(O)ccc2c1. The molecule has 0 amide bonds. The van der Waals surface area contributed by atoms with Gasteiger partial charge < -0.3 is 14.9 Å². The van der Waals surface area contributed by atoms with Crippen LogP contribution in [0.1, 0.15) is 20.7 Å². The van der Waals surface area contributed by atoms with E-state index < -0.39 is 11.9 Å². The zero-order valence-corrected chi connectivity index (χ0v) is 14.0. The van der Waals surface area contributed by atoms with Crippen molar-refractivity contribution in [1.29, 1.82) is 0 Å². The first-order chi connectivity index (χ1) is 13.0. The van der Waals surface area contributed by atoms with E-state index in [9.17, 15) is 19.8 Å². The monoisotopic (exact) mass is 358 g/mol. The van der Waals surface area contributed by atoms with Crippen LogP contribution in [-0.2, 0) is 0 Å². The Bertz CT molecular complexity index is 1210. The predicted octanol–water partition coefficient (Wildman–Crippen LogP) is 4.62. The van der Waals surface area contributed by atoms with Crippen LogP contribution in [0.4, 0.5) is 0 Å². The maximum absolute atomic E-state index is 12.7. The van der Waals surface area contributed by atoms with E-state index in [4.69, 9.17) is 4.74 Å². The van der Waals surface area contributed by atoms with Crippen LogP contribution in [0.25, 0.3) is 21.5 Å². The summed E-state index contributed by atoms with van der Waals surface area (Å²) >= 11 is 0. The number of hydrogen-bond donors (Lipinski definition) is 2. The molecule has 2 N–H and O–H groups in total. The fourth-order valence-corrected chi connectivity index (χ4v) is 3.03. The van der Waals surface area contributed by atoms with Gasteiger partial charge in [0.25, 0.3) is 0 Å². The number of ether oxygens (including phenoxy) is 1. The molecule has 0 atom stereocenters. The number of phenols is 1. The molecule has 27 heavy (non-hydrogen) atoms. The van der Waals surface area contributed by atoms with Gasteiger partial charge in [-0.15, -0.1) is 0 Å². The molecule has 0 radical (unpaired) electrons. The van der Waals surface area contributed by atoms with Crippen LogP contribution in [0.5, 0.6) is 11.5 Å². The first kappa shape index (κ1) is 16.6. The van der Waals surface area contributed by atoms with Crippen LogP contribution in [0.15, 0.2) is 72.8 Å². The van der Waals surface area contributed by atoms with Crippen molar-refractivity contribution in [3.63, 3.8) is 0 Å². The average molecular weight is 358 g/mol. The van der Waals surface area contributed by atoms with E-state index >= 15 is 0 Å². The molecule has 0 aliphatic heterocycles. The van der Waals surface area contributed by atoms with Crippen LogP contribution in [0.3, 0.4) is 0 Å². The lowest BCUT2D eigenvalue weighted by atomic mass is 10.0. The highest BCUT2D eigenvalue weighted by Gasteiger charge is 2.19. The maximum Gasteiger partial charge on any atom is 0.343 e. The number of phenolic OH excluding ortho intramolecular Hbond substituents is 1. The van der Waals surface area contributed by atoms with Crippen molar-refractivity contribution in [3.8, 4) is 11.5 Å². The van der Waals surface area contributed by atoms with E-state index in [1.54, 1.807) is 48.5 Å². The number of rotatable bonds is 3. The molecular formula is C22H14O5. The minimum absolute atomic E-state index is 0.0244. The van der Waals surface area contributed by atoms with Crippen LogP contribution in [0, 0.1) is 0 Å². The summed E-state index contributed by atoms with van der Waals surface area (Å²) in [5, 5.41) is 21.9. The molecule has 5 heteroatoms. The third-order valence-electron chi connectivity index (χ3n) is 4.36. The zero-order chi connectivity index (χ0) is 19.0. The van der Waals surface area contributed by atoms with Gasteiger partial charge in [-0.2, -0.15) is 0 Å². The lowest BCUT2D eigenvalue weighted by Crippen LogP contribution is -2.12. The summed E-state index contributed by atoms with van der Waals surface area (Å²) in [7, 11) is 0. The summed E-state index contributed by atoms with van der Waals surface area (Å²) in [5.41, 5.74) is 0.213. The topological polar surface area (TPSA) is 83.8 Å². The van der Waals surface area contributed by atoms with Crippen molar-refractivity contribution in [2.24, 2.45) is 0 Å². The lowest BCUT2D eigenvalue weighted by Gasteiger charge is -2.11. The summed E-state index contributed by atoms with van der Waals surface area (Å²) in [6.45, 7) is 0. The minimum Gasteiger partial charge on any atom is -0.508 e. The quantitative estimate of drug-likeness (QED) is 0.412. The van der Waals surface area contributed by atoms with Crippen molar-refractivity contribution in [2.75, 3.05) is 0 Å². The number of aromatic hydroxyl groups is 1. The Hall–Kier alpha value is -3.86. The third kappa shape index (κ3) is 3.06. The fourth-order valence-electron chi connectivity index (χ4n) is 3.03. The Morgan fingerprint density at radius 2 is 1.48 bits per heavy atom. The Morgan fingerprint density at radius 3 is 2.30 bits per heavy atom. The van der Waals surface area contributed by atoms with E-state index in [1.807, 2.05) is 12.1 Å². The van der Waals surface area contributed by atoms with E-state index in [0.29, 0.717) is 5.39 Å². The second-order valence-corrected chi connectivity index (χ2v) is 6.10. The third-order valence-corrected chi connectivity index (χ3v) is 4.36. The van der Waals surface area contributed by atoms with Gasteiger partial charge >= 0.3 is 11.9 Å². The number of esters is 1. The van der Waals surface area contributed by atoms with Crippen LogP contribution >= 0.6 is 0 Å². The van der Waals surface area contributed by atoms with Crippen molar-refractivity contribution in [2.45, 2.75) is 0 Å². The van der Waals surface area contributed by atoms with Gasteiger partial charge in [-0.1, -0.05) is 42.5 Å². The summed E-state index contributed by atoms with van der Waals surface area (Å²) in [6, 6.07) is 20.0. The molecule has 0 bridgehead atoms. The molecule has 0 aliphatic rings. The molecule has 4 aromatic carbocycles. The first-order valence-electron chi connectivity index (χ1n) is 8.23. The molecule has 0 saturated carbocycles. The number of aromatic carboxylic acids is 1. The van der Waals surface area contributed by atoms with Gasteiger partial charge in [0.05, 0.1) is 5.56 Å². The minimum atomic E-state index is -1.17. The first-order valence-corrected chi connectivity index (χ1v) is 8.23. The molecule has 132 valence electrons. The number of benzene rings is 4. The van der Waals surface area contributed by atoms with Gasteiger partial charge in [-0.25, -0.2) is 9.59 Å². The predicted molar refractivity (Wildman–Crippen MR) is 101 cm³/mol. The molecule has 0 spiro atoms. The van der Waals surface area contributed by atoms with Gasteiger partial charge in [-0.05, 0) is 46.5 Å². The highest BCUT2D eigenvalue weighted by Crippen LogP contribution is 2.31. The number of carbonyl (C=O) groups excluding carboxylic acids is 1. The number of hydrogen-bond acceptors (Lipinski definition) is 4. The molecular weight excluding hydrogens is 344 g/mol. The Labute approximate surface area is 154 Å². The second kappa shape index (κ2) is 6.46. The van der Waals surface area contributed by atoms with E-state index in [-0.39, 0.29) is 22.6 Å². The van der Waals surface area contributed by atoms with Crippen molar-refractivity contribution < 1.29 is 24.5 Å². The normalized spacial score (nSPS) is 10.8. The molecule has 4 aromatic rings. The Kier molecular flexibility index (Phi) is 3.97. The van der Waals surface area contributed by atoms with Gasteiger partial charge in [0.1, 0.15) is 11.3 Å². The van der Waals surface area contributed by atoms with Crippen LogP contribution in [-0.4, -0.2) is 22.2 Å². The second-order valence-electron chi connectivity index (χ2n) is 6.10. The highest BCUT2D eigenvalue weighted by molar-refractivity contribution is 6.04. The summed E-state index contributed by atoms with van der Waals surface area (Å²) in [5.74, 6) is -1.66. The summed E-state index contributed by atoms with van der Waals surface area (Å²) in [4.78, 5) is 24.3. The highest BCUT2D eigenvalue weighted by atomic mass is 16.5. The van der Waals surface area contributed by atoms with Crippen LogP contribution < -0.4 is 4.74 Å². The fraction of sp³-hybridized carbons (Fsp3) is 0. The van der Waals surface area contributed by atoms with Crippen molar-refractivity contribution in [3.05, 3.63) is 83.9 Å². The summed E-state index contributed by atoms with van der Waals surface area (Å²) in [6.07, 6.45) is 0. The summed E-state index contributed by atoms with van der Waals surface area (Å²) < 4.78 is 5.51. The molecule has 0 aliphatic carbocycles. The van der Waals surface area contributed by atoms with E-state index in [0.717, 1.165) is 16.2 Å². The molecule has 0 fully saturated rings. The largest absolute Gasteiger partial charge is 0.508 e. The molecule has 0 aromatic heterocycles. The van der Waals surface area contributed by atoms with Crippen molar-refractivity contribution >= 4 is 33.5 Å². The average Bonchev–Trinajstić information content (AvgIpc) is 2.67. The molecule has 5 nitrogen and oxygen atoms in total. The van der Waals surface area contributed by atoms with Crippen LogP contribution in [0.2, 0.25) is 0 Å². The molecule has 0 saturated heterocycles. The molecule has 4 rings (SSSR count). The van der Waals surface area contributed by atoms with Crippen molar-refractivity contribution in [1.82, 2.24) is 0 Å². The lowest BCUT2D eigenvalue weighted by molar-refractivity contribution is 0.0682. The molecule has 0 unspecified atom stereocenters. The molecule has 0 heterocycles. The number of fused-ring (bicyclic) bond motifs is 2. The van der Waals surface area contributed by atoms with Gasteiger partial charge in [0, 0.05) is 5.39 Å². The van der Waals surface area contributed by atoms with E-state index in [2.05, 4.69) is 0 Å². The number of carboxylic acids is 1.